The van der Waals surface area contributed by atoms with Gasteiger partial charge in [-0.05, 0) is 51.8 Å². The van der Waals surface area contributed by atoms with E-state index in [9.17, 15) is 14.4 Å². The SMILES string of the molecule is COC(=O)c1ccc(CN2C(=O)N/C(=C\c3cc(Cl)cc(Br)c3OCc3ccccc3)C2=O)o1. The fourth-order valence-corrected chi connectivity index (χ4v) is 4.22. The molecule has 2 aromatic carbocycles. The number of amides is 3. The number of ether oxygens (including phenoxy) is 2. The number of carbonyl (C=O) groups excluding carboxylic acids is 3. The molecule has 3 amide bonds. The molecule has 1 saturated heterocycles. The van der Waals surface area contributed by atoms with Gasteiger partial charge in [-0.15, -0.1) is 0 Å². The van der Waals surface area contributed by atoms with Crippen LogP contribution in [0, 0.1) is 0 Å². The van der Waals surface area contributed by atoms with Crippen LogP contribution in [-0.2, 0) is 22.7 Å². The zero-order valence-corrected chi connectivity index (χ0v) is 20.2. The summed E-state index contributed by atoms with van der Waals surface area (Å²) in [6.07, 6.45) is 1.50. The number of imide groups is 1. The first-order valence-corrected chi connectivity index (χ1v) is 11.2. The number of benzene rings is 2. The van der Waals surface area contributed by atoms with E-state index in [0.717, 1.165) is 10.5 Å². The van der Waals surface area contributed by atoms with Crippen molar-refractivity contribution in [1.82, 2.24) is 10.2 Å². The van der Waals surface area contributed by atoms with Gasteiger partial charge in [0.05, 0.1) is 18.1 Å². The summed E-state index contributed by atoms with van der Waals surface area (Å²) in [6.45, 7) is 0.139. The fraction of sp³-hybridized carbons (Fsp3) is 0.125. The molecule has 1 fully saturated rings. The maximum atomic E-state index is 12.9. The van der Waals surface area contributed by atoms with Crippen LogP contribution in [0.15, 0.2) is 69.2 Å². The molecule has 0 saturated carbocycles. The molecular formula is C24H18BrClN2O6. The minimum atomic E-state index is -0.654. The van der Waals surface area contributed by atoms with E-state index in [4.69, 9.17) is 20.8 Å². The van der Waals surface area contributed by atoms with Crippen molar-refractivity contribution in [1.29, 1.82) is 0 Å². The van der Waals surface area contributed by atoms with Gasteiger partial charge in [-0.1, -0.05) is 41.9 Å². The van der Waals surface area contributed by atoms with Crippen LogP contribution in [0.4, 0.5) is 4.79 Å². The van der Waals surface area contributed by atoms with Gasteiger partial charge in [-0.2, -0.15) is 0 Å². The van der Waals surface area contributed by atoms with E-state index >= 15 is 0 Å². The van der Waals surface area contributed by atoms with Gasteiger partial charge < -0.3 is 19.2 Å². The summed E-state index contributed by atoms with van der Waals surface area (Å²) in [5, 5.41) is 2.98. The smallest absolute Gasteiger partial charge is 0.373 e. The summed E-state index contributed by atoms with van der Waals surface area (Å²) >= 11 is 9.67. The normalized spacial score (nSPS) is 14.4. The highest BCUT2D eigenvalue weighted by atomic mass is 79.9. The second-order valence-electron chi connectivity index (χ2n) is 7.22. The number of rotatable bonds is 7. The lowest BCUT2D eigenvalue weighted by Crippen LogP contribution is -2.30. The molecule has 0 bridgehead atoms. The van der Waals surface area contributed by atoms with E-state index in [2.05, 4.69) is 26.0 Å². The molecule has 0 aliphatic carbocycles. The van der Waals surface area contributed by atoms with Crippen LogP contribution in [0.5, 0.6) is 5.75 Å². The molecule has 1 N–H and O–H groups in total. The Labute approximate surface area is 208 Å². The molecule has 174 valence electrons. The van der Waals surface area contributed by atoms with Crippen LogP contribution in [-0.4, -0.2) is 29.9 Å². The predicted octanol–water partition coefficient (Wildman–Crippen LogP) is 5.15. The average molecular weight is 546 g/mol. The van der Waals surface area contributed by atoms with Crippen molar-refractivity contribution in [2.75, 3.05) is 7.11 Å². The van der Waals surface area contributed by atoms with E-state index in [1.165, 1.54) is 25.3 Å². The van der Waals surface area contributed by atoms with Crippen LogP contribution in [0.2, 0.25) is 5.02 Å². The predicted molar refractivity (Wildman–Crippen MR) is 127 cm³/mol. The molecule has 0 radical (unpaired) electrons. The van der Waals surface area contributed by atoms with Crippen molar-refractivity contribution < 1.29 is 28.3 Å². The van der Waals surface area contributed by atoms with E-state index in [1.807, 2.05) is 30.3 Å². The molecule has 2 heterocycles. The van der Waals surface area contributed by atoms with Gasteiger partial charge >= 0.3 is 12.0 Å². The Morgan fingerprint density at radius 2 is 1.94 bits per heavy atom. The van der Waals surface area contributed by atoms with Crippen molar-refractivity contribution in [3.8, 4) is 5.75 Å². The van der Waals surface area contributed by atoms with Crippen LogP contribution in [0.1, 0.15) is 27.4 Å². The summed E-state index contributed by atoms with van der Waals surface area (Å²) in [5.41, 5.74) is 1.51. The largest absolute Gasteiger partial charge is 0.487 e. The molecule has 0 atom stereocenters. The number of nitrogens with one attached hydrogen (secondary N) is 1. The van der Waals surface area contributed by atoms with Gasteiger partial charge in [0.25, 0.3) is 5.91 Å². The first-order chi connectivity index (χ1) is 16.4. The van der Waals surface area contributed by atoms with Crippen LogP contribution >= 0.6 is 27.5 Å². The van der Waals surface area contributed by atoms with Crippen molar-refractivity contribution >= 4 is 51.5 Å². The molecule has 1 aromatic heterocycles. The Morgan fingerprint density at radius 3 is 2.68 bits per heavy atom. The number of furan rings is 1. The standard InChI is InChI=1S/C24H18BrClN2O6/c1-32-23(30)20-8-7-17(34-20)12-28-22(29)19(27-24(28)31)10-15-9-16(26)11-18(25)21(15)33-13-14-5-3-2-4-6-14/h2-11H,12-13H2,1H3,(H,27,31)/b19-10-. The topological polar surface area (TPSA) is 98.1 Å². The van der Waals surface area contributed by atoms with Gasteiger partial charge in [0, 0.05) is 10.6 Å². The minimum absolute atomic E-state index is 0.0238. The Bertz CT molecular complexity index is 1290. The molecule has 8 nitrogen and oxygen atoms in total. The number of hydrogen-bond donors (Lipinski definition) is 1. The molecule has 0 unspecified atom stereocenters. The molecule has 34 heavy (non-hydrogen) atoms. The quantitative estimate of drug-likeness (QED) is 0.250. The summed E-state index contributed by atoms with van der Waals surface area (Å²) in [6, 6.07) is 15.2. The minimum Gasteiger partial charge on any atom is -0.487 e. The molecule has 4 rings (SSSR count). The Morgan fingerprint density at radius 1 is 1.18 bits per heavy atom. The van der Waals surface area contributed by atoms with Crippen molar-refractivity contribution in [3.05, 3.63) is 92.4 Å². The molecule has 3 aromatic rings. The highest BCUT2D eigenvalue weighted by Crippen LogP contribution is 2.35. The zero-order valence-electron chi connectivity index (χ0n) is 17.8. The average Bonchev–Trinajstić information content (AvgIpc) is 3.39. The molecule has 10 heteroatoms. The van der Waals surface area contributed by atoms with Gasteiger partial charge in [0.2, 0.25) is 5.76 Å². The molecular weight excluding hydrogens is 528 g/mol. The van der Waals surface area contributed by atoms with Crippen LogP contribution < -0.4 is 10.1 Å². The number of carbonyl (C=O) groups is 3. The van der Waals surface area contributed by atoms with Crippen molar-refractivity contribution in [3.63, 3.8) is 0 Å². The van der Waals surface area contributed by atoms with Gasteiger partial charge in [-0.3, -0.25) is 9.69 Å². The highest BCUT2D eigenvalue weighted by molar-refractivity contribution is 9.10. The van der Waals surface area contributed by atoms with Gasteiger partial charge in [0.1, 0.15) is 23.8 Å². The third-order valence-corrected chi connectivity index (χ3v) is 5.69. The van der Waals surface area contributed by atoms with E-state index in [0.29, 0.717) is 27.4 Å². The fourth-order valence-electron chi connectivity index (χ4n) is 3.27. The van der Waals surface area contributed by atoms with Gasteiger partial charge in [-0.25, -0.2) is 9.59 Å². The maximum absolute atomic E-state index is 12.9. The Kier molecular flexibility index (Phi) is 7.04. The second-order valence-corrected chi connectivity index (χ2v) is 8.51. The van der Waals surface area contributed by atoms with Crippen molar-refractivity contribution in [2.24, 2.45) is 0 Å². The van der Waals surface area contributed by atoms with Crippen molar-refractivity contribution in [2.45, 2.75) is 13.2 Å². The number of urea groups is 1. The van der Waals surface area contributed by atoms with E-state index in [-0.39, 0.29) is 23.8 Å². The summed E-state index contributed by atoms with van der Waals surface area (Å²) in [7, 11) is 1.23. The maximum Gasteiger partial charge on any atom is 0.373 e. The number of esters is 1. The lowest BCUT2D eigenvalue weighted by Gasteiger charge is -2.13. The second kappa shape index (κ2) is 10.1. The lowest BCUT2D eigenvalue weighted by atomic mass is 10.1. The molecule has 0 spiro atoms. The number of methoxy groups -OCH3 is 1. The molecule has 1 aliphatic rings. The summed E-state index contributed by atoms with van der Waals surface area (Å²) < 4.78 is 16.5. The third kappa shape index (κ3) is 5.16. The number of halogens is 2. The number of hydrogen-bond acceptors (Lipinski definition) is 6. The zero-order chi connectivity index (χ0) is 24.2. The van der Waals surface area contributed by atoms with Crippen LogP contribution in [0.25, 0.3) is 6.08 Å². The lowest BCUT2D eigenvalue weighted by molar-refractivity contribution is -0.123. The van der Waals surface area contributed by atoms with E-state index < -0.39 is 17.9 Å². The van der Waals surface area contributed by atoms with Gasteiger partial charge in [0.15, 0.2) is 0 Å². The first-order valence-electron chi connectivity index (χ1n) is 10.0. The highest BCUT2D eigenvalue weighted by Gasteiger charge is 2.34. The molecule has 1 aliphatic heterocycles. The summed E-state index contributed by atoms with van der Waals surface area (Å²) in [5.74, 6) is -0.522. The first kappa shape index (κ1) is 23.6. The monoisotopic (exact) mass is 544 g/mol. The summed E-state index contributed by atoms with van der Waals surface area (Å²) in [4.78, 5) is 37.9. The number of nitrogens with zero attached hydrogens (tertiary/aromatic N) is 1. The third-order valence-electron chi connectivity index (χ3n) is 4.89. The van der Waals surface area contributed by atoms with E-state index in [1.54, 1.807) is 12.1 Å². The Balaban J connectivity index is 1.56. The van der Waals surface area contributed by atoms with Crippen LogP contribution in [0.3, 0.4) is 0 Å². The Hall–Kier alpha value is -3.56.